The third-order valence-electron chi connectivity index (χ3n) is 4.52. The number of nitrogens with zero attached hydrogens (tertiary/aromatic N) is 2. The molecule has 29 heavy (non-hydrogen) atoms. The number of piperazine rings is 1. The molecule has 1 aliphatic heterocycles. The van der Waals surface area contributed by atoms with Gasteiger partial charge in [-0.2, -0.15) is 0 Å². The molecule has 1 fully saturated rings. The smallest absolute Gasteiger partial charge is 0.325 e. The monoisotopic (exact) mass is 435 g/mol. The lowest BCUT2D eigenvalue weighted by Crippen LogP contribution is -2.49. The number of benzene rings is 1. The topological polar surface area (TPSA) is 78.9 Å². The van der Waals surface area contributed by atoms with E-state index in [-0.39, 0.29) is 25.0 Å². The highest BCUT2D eigenvalue weighted by Gasteiger charge is 2.22. The lowest BCUT2D eigenvalue weighted by molar-refractivity contribution is -0.151. The van der Waals surface area contributed by atoms with Gasteiger partial charge < -0.3 is 15.0 Å². The second-order valence-electron chi connectivity index (χ2n) is 6.57. The lowest BCUT2D eigenvalue weighted by Gasteiger charge is -2.34. The minimum atomic E-state index is -0.643. The quantitative estimate of drug-likeness (QED) is 0.673. The summed E-state index contributed by atoms with van der Waals surface area (Å²) < 4.78 is 5.77. The second kappa shape index (κ2) is 10.4. The molecule has 154 valence electrons. The maximum atomic E-state index is 12.3. The van der Waals surface area contributed by atoms with Gasteiger partial charge in [-0.3, -0.25) is 19.3 Å². The standard InChI is InChI=1S/C20H22ClN3O4S/c21-17-7-6-16(29-17)13-23-8-10-24(11-9-23)18(25)14-28-19(26)12-22-20(27)15-4-2-1-3-5-15/h1-7H,8-14H2,(H,22,27). The molecular weight excluding hydrogens is 414 g/mol. The van der Waals surface area contributed by atoms with Gasteiger partial charge in [-0.25, -0.2) is 0 Å². The van der Waals surface area contributed by atoms with Crippen LogP contribution < -0.4 is 5.32 Å². The first-order valence-corrected chi connectivity index (χ1v) is 10.4. The van der Waals surface area contributed by atoms with Crippen LogP contribution in [-0.2, 0) is 20.9 Å². The van der Waals surface area contributed by atoms with E-state index in [0.717, 1.165) is 24.0 Å². The number of nitrogens with one attached hydrogen (secondary N) is 1. The van der Waals surface area contributed by atoms with Gasteiger partial charge in [-0.05, 0) is 24.3 Å². The first-order chi connectivity index (χ1) is 14.0. The Kier molecular flexibility index (Phi) is 7.62. The first kappa shape index (κ1) is 21.3. The summed E-state index contributed by atoms with van der Waals surface area (Å²) in [6, 6.07) is 12.5. The molecule has 7 nitrogen and oxygen atoms in total. The van der Waals surface area contributed by atoms with Crippen molar-refractivity contribution in [1.82, 2.24) is 15.1 Å². The van der Waals surface area contributed by atoms with Crippen molar-refractivity contribution >= 4 is 40.7 Å². The number of ether oxygens (including phenoxy) is 1. The predicted octanol–water partition coefficient (Wildman–Crippen LogP) is 2.02. The van der Waals surface area contributed by atoms with Crippen LogP contribution in [0.4, 0.5) is 0 Å². The Hall–Kier alpha value is -2.42. The number of hydrogen-bond donors (Lipinski definition) is 1. The van der Waals surface area contributed by atoms with Crippen molar-refractivity contribution in [3.05, 3.63) is 57.2 Å². The van der Waals surface area contributed by atoms with Crippen molar-refractivity contribution in [3.63, 3.8) is 0 Å². The summed E-state index contributed by atoms with van der Waals surface area (Å²) in [6.07, 6.45) is 0. The summed E-state index contributed by atoms with van der Waals surface area (Å²) in [5.41, 5.74) is 0.457. The molecule has 2 amide bonds. The van der Waals surface area contributed by atoms with Gasteiger partial charge in [0.25, 0.3) is 11.8 Å². The van der Waals surface area contributed by atoms with Crippen molar-refractivity contribution in [2.24, 2.45) is 0 Å². The molecule has 2 aromatic rings. The van der Waals surface area contributed by atoms with Crippen molar-refractivity contribution in [2.75, 3.05) is 39.3 Å². The van der Waals surface area contributed by atoms with Crippen LogP contribution in [0.1, 0.15) is 15.2 Å². The van der Waals surface area contributed by atoms with Gasteiger partial charge in [-0.15, -0.1) is 11.3 Å². The van der Waals surface area contributed by atoms with Gasteiger partial charge in [0, 0.05) is 43.2 Å². The number of esters is 1. The maximum absolute atomic E-state index is 12.3. The van der Waals surface area contributed by atoms with Crippen LogP contribution in [0.5, 0.6) is 0 Å². The van der Waals surface area contributed by atoms with Crippen molar-refractivity contribution in [1.29, 1.82) is 0 Å². The molecule has 1 aromatic carbocycles. The van der Waals surface area contributed by atoms with E-state index in [9.17, 15) is 14.4 Å². The van der Waals surface area contributed by atoms with Gasteiger partial charge >= 0.3 is 5.97 Å². The summed E-state index contributed by atoms with van der Waals surface area (Å²) >= 11 is 7.52. The van der Waals surface area contributed by atoms with E-state index in [2.05, 4.69) is 10.2 Å². The largest absolute Gasteiger partial charge is 0.454 e. The van der Waals surface area contributed by atoms with Crippen molar-refractivity contribution in [3.8, 4) is 0 Å². The Bertz CT molecular complexity index is 850. The number of halogens is 1. The number of rotatable bonds is 7. The molecule has 1 aromatic heterocycles. The fourth-order valence-corrected chi connectivity index (χ4v) is 4.07. The van der Waals surface area contributed by atoms with E-state index in [1.807, 2.05) is 12.1 Å². The third-order valence-corrected chi connectivity index (χ3v) is 5.74. The number of amides is 2. The zero-order valence-electron chi connectivity index (χ0n) is 15.8. The van der Waals surface area contributed by atoms with E-state index >= 15 is 0 Å². The third kappa shape index (κ3) is 6.56. The molecule has 2 heterocycles. The molecule has 3 rings (SSSR count). The zero-order chi connectivity index (χ0) is 20.6. The van der Waals surface area contributed by atoms with Crippen LogP contribution in [0.15, 0.2) is 42.5 Å². The van der Waals surface area contributed by atoms with Crippen LogP contribution in [-0.4, -0.2) is 66.9 Å². The second-order valence-corrected chi connectivity index (χ2v) is 8.37. The van der Waals surface area contributed by atoms with Crippen LogP contribution in [0.2, 0.25) is 4.34 Å². The van der Waals surface area contributed by atoms with Crippen LogP contribution in [0.25, 0.3) is 0 Å². The van der Waals surface area contributed by atoms with E-state index in [4.69, 9.17) is 16.3 Å². The van der Waals surface area contributed by atoms with Gasteiger partial charge in [-0.1, -0.05) is 29.8 Å². The Morgan fingerprint density at radius 2 is 1.76 bits per heavy atom. The molecule has 9 heteroatoms. The molecule has 0 atom stereocenters. The first-order valence-electron chi connectivity index (χ1n) is 9.24. The zero-order valence-corrected chi connectivity index (χ0v) is 17.4. The maximum Gasteiger partial charge on any atom is 0.325 e. The summed E-state index contributed by atoms with van der Waals surface area (Å²) in [5.74, 6) is -1.24. The number of carbonyl (C=O) groups excluding carboxylic acids is 3. The van der Waals surface area contributed by atoms with E-state index in [1.165, 1.54) is 4.88 Å². The van der Waals surface area contributed by atoms with Crippen LogP contribution in [0, 0.1) is 0 Å². The van der Waals surface area contributed by atoms with E-state index in [0.29, 0.717) is 18.7 Å². The molecule has 0 spiro atoms. The molecule has 0 aliphatic carbocycles. The van der Waals surface area contributed by atoms with Crippen molar-refractivity contribution in [2.45, 2.75) is 6.54 Å². The van der Waals surface area contributed by atoms with Gasteiger partial charge in [0.2, 0.25) is 0 Å². The highest BCUT2D eigenvalue weighted by atomic mass is 35.5. The summed E-state index contributed by atoms with van der Waals surface area (Å²) in [6.45, 7) is 2.89. The average Bonchev–Trinajstić information content (AvgIpc) is 3.16. The van der Waals surface area contributed by atoms with Gasteiger partial charge in [0.15, 0.2) is 6.61 Å². The Labute approximate surface area is 178 Å². The summed E-state index contributed by atoms with van der Waals surface area (Å²) in [5, 5.41) is 2.48. The lowest BCUT2D eigenvalue weighted by atomic mass is 10.2. The minimum Gasteiger partial charge on any atom is -0.454 e. The Balaban J connectivity index is 1.33. The number of hydrogen-bond acceptors (Lipinski definition) is 6. The molecular formula is C20H22ClN3O4S. The minimum absolute atomic E-state index is 0.230. The molecule has 0 bridgehead atoms. The fourth-order valence-electron chi connectivity index (χ4n) is 2.94. The highest BCUT2D eigenvalue weighted by Crippen LogP contribution is 2.23. The Morgan fingerprint density at radius 3 is 2.41 bits per heavy atom. The highest BCUT2D eigenvalue weighted by molar-refractivity contribution is 7.16. The van der Waals surface area contributed by atoms with Crippen LogP contribution in [0.3, 0.4) is 0 Å². The average molecular weight is 436 g/mol. The van der Waals surface area contributed by atoms with E-state index in [1.54, 1.807) is 46.6 Å². The Morgan fingerprint density at radius 1 is 1.03 bits per heavy atom. The summed E-state index contributed by atoms with van der Waals surface area (Å²) in [4.78, 5) is 41.1. The predicted molar refractivity (Wildman–Crippen MR) is 111 cm³/mol. The number of carbonyl (C=O) groups is 3. The molecule has 0 saturated carbocycles. The molecule has 0 radical (unpaired) electrons. The molecule has 1 N–H and O–H groups in total. The summed E-state index contributed by atoms with van der Waals surface area (Å²) in [7, 11) is 0. The number of thiophene rings is 1. The molecule has 0 unspecified atom stereocenters. The van der Waals surface area contributed by atoms with Gasteiger partial charge in [0.1, 0.15) is 6.54 Å². The van der Waals surface area contributed by atoms with Gasteiger partial charge in [0.05, 0.1) is 4.34 Å². The SMILES string of the molecule is O=C(CNC(=O)c1ccccc1)OCC(=O)N1CCN(Cc2ccc(Cl)s2)CC1. The molecule has 1 aliphatic rings. The van der Waals surface area contributed by atoms with Crippen molar-refractivity contribution < 1.29 is 19.1 Å². The molecule has 1 saturated heterocycles. The van der Waals surface area contributed by atoms with E-state index < -0.39 is 5.97 Å². The fraction of sp³-hybridized carbons (Fsp3) is 0.350. The van der Waals surface area contributed by atoms with Crippen LogP contribution >= 0.6 is 22.9 Å². The normalized spacial score (nSPS) is 14.4.